The molecule has 2 atom stereocenters. The number of unbranched alkanes of at least 4 members (excludes halogenated alkanes) is 21. The lowest BCUT2D eigenvalue weighted by Crippen LogP contribution is -2.29. The maximum absolute atomic E-state index is 12.5. The van der Waals surface area contributed by atoms with E-state index in [1.807, 2.05) is 0 Å². The summed E-state index contributed by atoms with van der Waals surface area (Å²) in [4.78, 5) is 34.6. The lowest BCUT2D eigenvalue weighted by Gasteiger charge is -2.19. The van der Waals surface area contributed by atoms with Crippen molar-refractivity contribution in [2.45, 2.75) is 200 Å². The van der Waals surface area contributed by atoms with Crippen molar-refractivity contribution < 1.29 is 37.6 Å². The molecule has 0 aliphatic carbocycles. The molecule has 0 aromatic carbocycles. The van der Waals surface area contributed by atoms with Gasteiger partial charge in [0.2, 0.25) is 0 Å². The zero-order chi connectivity index (χ0) is 36.1. The largest absolute Gasteiger partial charge is 0.472 e. The Bertz CT molecular complexity index is 859. The smallest absolute Gasteiger partial charge is 0.462 e. The van der Waals surface area contributed by atoms with Crippen LogP contribution >= 0.6 is 7.82 Å². The van der Waals surface area contributed by atoms with Gasteiger partial charge in [0.25, 0.3) is 0 Å². The molecule has 0 saturated carbocycles. The lowest BCUT2D eigenvalue weighted by molar-refractivity contribution is -0.161. The molecule has 49 heavy (non-hydrogen) atoms. The quantitative estimate of drug-likeness (QED) is 0.0293. The van der Waals surface area contributed by atoms with Gasteiger partial charge in [-0.15, -0.1) is 0 Å². The number of carbonyl (C=O) groups excluding carboxylic acids is 2. The normalized spacial score (nSPS) is 13.6. The Balaban J connectivity index is 4.06. The molecule has 0 radical (unpaired) electrons. The highest BCUT2D eigenvalue weighted by molar-refractivity contribution is 7.47. The Morgan fingerprint density at radius 3 is 1.43 bits per heavy atom. The molecule has 2 unspecified atom stereocenters. The first kappa shape index (κ1) is 47.5. The zero-order valence-corrected chi connectivity index (χ0v) is 32.7. The van der Waals surface area contributed by atoms with Gasteiger partial charge in [0.15, 0.2) is 6.10 Å². The molecule has 9 heteroatoms. The second kappa shape index (κ2) is 36.3. The monoisotopic (exact) mass is 715 g/mol. The summed E-state index contributed by atoms with van der Waals surface area (Å²) in [5, 5.41) is 0. The number of esters is 2. The van der Waals surface area contributed by atoms with Crippen LogP contribution in [0, 0.1) is 0 Å². The Morgan fingerprint density at radius 1 is 0.531 bits per heavy atom. The first-order chi connectivity index (χ1) is 23.8. The van der Waals surface area contributed by atoms with Crippen molar-refractivity contribution in [3.05, 3.63) is 24.3 Å². The van der Waals surface area contributed by atoms with Crippen LogP contribution in [-0.2, 0) is 32.7 Å². The molecule has 0 bridgehead atoms. The Kier molecular flexibility index (Phi) is 35.2. The predicted octanol–water partition coefficient (Wildman–Crippen LogP) is 12.3. The summed E-state index contributed by atoms with van der Waals surface area (Å²) in [7, 11) is -4.27. The number of hydrogen-bond acceptors (Lipinski definition) is 7. The minimum absolute atomic E-state index is 0.000225. The van der Waals surface area contributed by atoms with Crippen LogP contribution in [-0.4, -0.2) is 42.8 Å². The van der Waals surface area contributed by atoms with Gasteiger partial charge >= 0.3 is 19.8 Å². The standard InChI is InChI=1S/C40H75O8P/c1-4-7-9-11-13-15-17-18-19-20-21-22-23-24-25-27-29-31-33-35-40(42)48-38(37-47-49(43,44)46-6-3)36-45-39(41)34-32-30-28-26-16-14-12-10-8-5-2/h10,12,18-19,38H,4-9,11,13-17,20-37H2,1-3H3,(H,43,44)/b12-10-,19-18-. The van der Waals surface area contributed by atoms with Crippen LogP contribution in [0.5, 0.6) is 0 Å². The topological polar surface area (TPSA) is 108 Å². The molecule has 0 aromatic rings. The third-order valence-electron chi connectivity index (χ3n) is 8.46. The van der Waals surface area contributed by atoms with E-state index in [4.69, 9.17) is 18.5 Å². The van der Waals surface area contributed by atoms with Crippen molar-refractivity contribution in [2.24, 2.45) is 0 Å². The van der Waals surface area contributed by atoms with Crippen LogP contribution in [0.2, 0.25) is 0 Å². The van der Waals surface area contributed by atoms with Crippen LogP contribution in [0.25, 0.3) is 0 Å². The fourth-order valence-electron chi connectivity index (χ4n) is 5.51. The summed E-state index contributed by atoms with van der Waals surface area (Å²) in [5.74, 6) is -0.810. The van der Waals surface area contributed by atoms with Crippen molar-refractivity contribution in [1.82, 2.24) is 0 Å². The SMILES string of the molecule is CCC/C=C\CCCCCCCC(=O)OCC(COP(=O)(O)OCC)OC(=O)CCCCCCCCCCC/C=C\CCCCCCCC. The second-order valence-corrected chi connectivity index (χ2v) is 14.7. The first-order valence-electron chi connectivity index (χ1n) is 20.1. The first-order valence-corrected chi connectivity index (χ1v) is 21.6. The minimum atomic E-state index is -4.27. The van der Waals surface area contributed by atoms with Gasteiger partial charge in [-0.3, -0.25) is 18.6 Å². The van der Waals surface area contributed by atoms with Gasteiger partial charge in [0.1, 0.15) is 6.61 Å². The number of carbonyl (C=O) groups is 2. The molecule has 0 amide bonds. The van der Waals surface area contributed by atoms with Crippen molar-refractivity contribution in [1.29, 1.82) is 0 Å². The molecule has 0 spiro atoms. The van der Waals surface area contributed by atoms with Crippen molar-refractivity contribution >= 4 is 19.8 Å². The summed E-state index contributed by atoms with van der Waals surface area (Å²) >= 11 is 0. The number of rotatable bonds is 37. The third kappa shape index (κ3) is 36.1. The van der Waals surface area contributed by atoms with E-state index in [1.54, 1.807) is 6.92 Å². The van der Waals surface area contributed by atoms with E-state index in [0.29, 0.717) is 6.42 Å². The molecular formula is C40H75O8P. The Hall–Kier alpha value is -1.47. The van der Waals surface area contributed by atoms with Crippen LogP contribution in [0.1, 0.15) is 194 Å². The molecule has 8 nitrogen and oxygen atoms in total. The van der Waals surface area contributed by atoms with E-state index >= 15 is 0 Å². The molecule has 0 aromatic heterocycles. The van der Waals surface area contributed by atoms with Crippen LogP contribution in [0.15, 0.2) is 24.3 Å². The van der Waals surface area contributed by atoms with Gasteiger partial charge in [0.05, 0.1) is 13.2 Å². The van der Waals surface area contributed by atoms with Gasteiger partial charge in [-0.05, 0) is 64.7 Å². The number of hydrogen-bond donors (Lipinski definition) is 1. The van der Waals surface area contributed by atoms with Crippen molar-refractivity contribution in [3.8, 4) is 0 Å². The number of phosphoric acid groups is 1. The van der Waals surface area contributed by atoms with E-state index < -0.39 is 26.5 Å². The van der Waals surface area contributed by atoms with E-state index in [1.165, 1.54) is 96.3 Å². The van der Waals surface area contributed by atoms with Crippen molar-refractivity contribution in [3.63, 3.8) is 0 Å². The van der Waals surface area contributed by atoms with E-state index in [-0.39, 0.29) is 32.0 Å². The van der Waals surface area contributed by atoms with E-state index in [9.17, 15) is 19.0 Å². The highest BCUT2D eigenvalue weighted by Crippen LogP contribution is 2.43. The summed E-state index contributed by atoms with van der Waals surface area (Å²) in [5.41, 5.74) is 0. The fraction of sp³-hybridized carbons (Fsp3) is 0.850. The highest BCUT2D eigenvalue weighted by atomic mass is 31.2. The van der Waals surface area contributed by atoms with E-state index in [2.05, 4.69) is 38.2 Å². The van der Waals surface area contributed by atoms with Gasteiger partial charge in [-0.2, -0.15) is 0 Å². The molecule has 1 N–H and O–H groups in total. The minimum Gasteiger partial charge on any atom is -0.462 e. The van der Waals surface area contributed by atoms with Gasteiger partial charge in [-0.1, -0.05) is 141 Å². The number of ether oxygens (including phenoxy) is 2. The van der Waals surface area contributed by atoms with Gasteiger partial charge in [0, 0.05) is 12.8 Å². The maximum Gasteiger partial charge on any atom is 0.472 e. The second-order valence-electron chi connectivity index (χ2n) is 13.3. The van der Waals surface area contributed by atoms with Gasteiger partial charge in [-0.25, -0.2) is 4.57 Å². The molecule has 0 saturated heterocycles. The van der Waals surface area contributed by atoms with Crippen LogP contribution in [0.4, 0.5) is 0 Å². The average molecular weight is 715 g/mol. The Labute approximate surface area is 301 Å². The molecule has 0 aliphatic rings. The van der Waals surface area contributed by atoms with Crippen molar-refractivity contribution in [2.75, 3.05) is 19.8 Å². The van der Waals surface area contributed by atoms with E-state index in [0.717, 1.165) is 57.8 Å². The molecular weight excluding hydrogens is 639 g/mol. The average Bonchev–Trinajstić information content (AvgIpc) is 3.07. The molecule has 0 aliphatic heterocycles. The Morgan fingerprint density at radius 2 is 0.959 bits per heavy atom. The number of allylic oxidation sites excluding steroid dienone is 4. The molecule has 0 fully saturated rings. The van der Waals surface area contributed by atoms with Crippen LogP contribution in [0.3, 0.4) is 0 Å². The maximum atomic E-state index is 12.5. The lowest BCUT2D eigenvalue weighted by atomic mass is 10.1. The highest BCUT2D eigenvalue weighted by Gasteiger charge is 2.25. The summed E-state index contributed by atoms with van der Waals surface area (Å²) < 4.78 is 32.5. The number of phosphoric ester groups is 1. The molecule has 288 valence electrons. The fourth-order valence-corrected chi connectivity index (χ4v) is 6.26. The molecule has 0 heterocycles. The molecule has 0 rings (SSSR count). The summed E-state index contributed by atoms with van der Waals surface area (Å²) in [6, 6.07) is 0. The zero-order valence-electron chi connectivity index (χ0n) is 31.9. The summed E-state index contributed by atoms with van der Waals surface area (Å²) in [6.45, 7) is 5.39. The third-order valence-corrected chi connectivity index (χ3v) is 9.52. The predicted molar refractivity (Wildman–Crippen MR) is 203 cm³/mol. The van der Waals surface area contributed by atoms with Gasteiger partial charge < -0.3 is 14.4 Å². The van der Waals surface area contributed by atoms with Crippen LogP contribution < -0.4 is 0 Å². The summed E-state index contributed by atoms with van der Waals surface area (Å²) in [6.07, 6.45) is 38.1.